The fourth-order valence-electron chi connectivity index (χ4n) is 3.77. The van der Waals surface area contributed by atoms with Gasteiger partial charge in [-0.25, -0.2) is 0 Å². The average molecular weight is 293 g/mol. The molecule has 2 heteroatoms. The highest BCUT2D eigenvalue weighted by Crippen LogP contribution is 2.33. The van der Waals surface area contributed by atoms with E-state index in [1.807, 2.05) is 18.5 Å². The van der Waals surface area contributed by atoms with Gasteiger partial charge in [-0.3, -0.25) is 9.47 Å². The quantitative estimate of drug-likeness (QED) is 0.608. The molecular weight excluding hydrogens is 268 g/mol. The van der Waals surface area contributed by atoms with Crippen molar-refractivity contribution < 1.29 is 0 Å². The molecule has 2 heterocycles. The van der Waals surface area contributed by atoms with Gasteiger partial charge in [-0.1, -0.05) is 30.3 Å². The standard InChI is InChI=1S/C20H25N2/c1-17-8-6-9-18(2)20(17)22(13-4-3-5-14-22)15-11-19-10-7-12-21-16-19/h3-4,6-10,12,16H,5,11,13-15H2,1-2H3/q+1. The van der Waals surface area contributed by atoms with Gasteiger partial charge >= 0.3 is 0 Å². The Bertz CT molecular complexity index is 640. The highest BCUT2D eigenvalue weighted by atomic mass is 15.4. The van der Waals surface area contributed by atoms with Gasteiger partial charge in [0.1, 0.15) is 12.2 Å². The summed E-state index contributed by atoms with van der Waals surface area (Å²) in [4.78, 5) is 4.26. The molecule has 2 nitrogen and oxygen atoms in total. The second-order valence-corrected chi connectivity index (χ2v) is 6.39. The second-order valence-electron chi connectivity index (χ2n) is 6.39. The van der Waals surface area contributed by atoms with Crippen LogP contribution in [0.15, 0.2) is 54.9 Å². The first-order valence-electron chi connectivity index (χ1n) is 8.18. The molecule has 0 saturated carbocycles. The van der Waals surface area contributed by atoms with Crippen LogP contribution in [0.1, 0.15) is 23.1 Å². The van der Waals surface area contributed by atoms with Gasteiger partial charge in [0.05, 0.1) is 13.1 Å². The lowest BCUT2D eigenvalue weighted by Crippen LogP contribution is -2.53. The van der Waals surface area contributed by atoms with Crippen LogP contribution in [0.3, 0.4) is 0 Å². The lowest BCUT2D eigenvalue weighted by molar-refractivity contribution is 0.296. The summed E-state index contributed by atoms with van der Waals surface area (Å²) in [5, 5.41) is 0. The van der Waals surface area contributed by atoms with Gasteiger partial charge in [0.2, 0.25) is 0 Å². The maximum atomic E-state index is 4.26. The number of rotatable bonds is 4. The molecule has 0 bridgehead atoms. The van der Waals surface area contributed by atoms with Crippen LogP contribution in [0, 0.1) is 13.8 Å². The zero-order valence-electron chi connectivity index (χ0n) is 13.6. The maximum Gasteiger partial charge on any atom is 0.138 e. The summed E-state index contributed by atoms with van der Waals surface area (Å²) >= 11 is 0. The molecule has 1 atom stereocenters. The van der Waals surface area contributed by atoms with E-state index in [-0.39, 0.29) is 0 Å². The molecule has 1 aromatic carbocycles. The number of hydrogen-bond acceptors (Lipinski definition) is 1. The molecule has 1 aromatic heterocycles. The number of hydrogen-bond donors (Lipinski definition) is 0. The molecule has 2 aromatic rings. The van der Waals surface area contributed by atoms with Crippen LogP contribution in [0.25, 0.3) is 0 Å². The minimum atomic E-state index is 1.07. The molecule has 22 heavy (non-hydrogen) atoms. The van der Waals surface area contributed by atoms with Gasteiger partial charge in [0.15, 0.2) is 0 Å². The van der Waals surface area contributed by atoms with Crippen LogP contribution in [-0.2, 0) is 6.42 Å². The Morgan fingerprint density at radius 1 is 1.05 bits per heavy atom. The molecule has 0 radical (unpaired) electrons. The molecule has 0 spiro atoms. The van der Waals surface area contributed by atoms with Crippen LogP contribution in [0.2, 0.25) is 0 Å². The second kappa shape index (κ2) is 6.45. The third kappa shape index (κ3) is 2.97. The summed E-state index contributed by atoms with van der Waals surface area (Å²) in [5.41, 5.74) is 5.69. The van der Waals surface area contributed by atoms with Gasteiger partial charge in [-0.2, -0.15) is 0 Å². The highest BCUT2D eigenvalue weighted by molar-refractivity contribution is 5.57. The van der Waals surface area contributed by atoms with Crippen LogP contribution < -0.4 is 4.48 Å². The SMILES string of the molecule is Cc1cccc(C)c1[N+]1(CCc2cccnc2)CC=CCC1. The zero-order chi connectivity index (χ0) is 15.4. The van der Waals surface area contributed by atoms with E-state index < -0.39 is 0 Å². The lowest BCUT2D eigenvalue weighted by Gasteiger charge is -2.41. The summed E-state index contributed by atoms with van der Waals surface area (Å²) < 4.78 is 1.07. The van der Waals surface area contributed by atoms with Crippen LogP contribution in [0.4, 0.5) is 5.69 Å². The molecule has 0 aliphatic carbocycles. The Morgan fingerprint density at radius 3 is 2.50 bits per heavy atom. The van der Waals surface area contributed by atoms with E-state index in [0.29, 0.717) is 0 Å². The van der Waals surface area contributed by atoms with Crippen LogP contribution in [-0.4, -0.2) is 24.6 Å². The highest BCUT2D eigenvalue weighted by Gasteiger charge is 2.33. The van der Waals surface area contributed by atoms with Crippen LogP contribution >= 0.6 is 0 Å². The predicted molar refractivity (Wildman–Crippen MR) is 94.0 cm³/mol. The third-order valence-corrected chi connectivity index (χ3v) is 4.81. The summed E-state index contributed by atoms with van der Waals surface area (Å²) in [5.74, 6) is 0. The largest absolute Gasteiger partial charge is 0.287 e. The first-order chi connectivity index (χ1) is 10.7. The minimum Gasteiger partial charge on any atom is -0.287 e. The zero-order valence-corrected chi connectivity index (χ0v) is 13.6. The van der Waals surface area contributed by atoms with Crippen molar-refractivity contribution in [2.75, 3.05) is 19.6 Å². The first-order valence-corrected chi connectivity index (χ1v) is 8.18. The molecule has 0 amide bonds. The van der Waals surface area contributed by atoms with E-state index >= 15 is 0 Å². The Morgan fingerprint density at radius 2 is 1.86 bits per heavy atom. The Balaban J connectivity index is 1.93. The summed E-state index contributed by atoms with van der Waals surface area (Å²) in [6.45, 7) is 7.95. The van der Waals surface area contributed by atoms with Crippen molar-refractivity contribution >= 4 is 5.69 Å². The van der Waals surface area contributed by atoms with Gasteiger partial charge in [0, 0.05) is 36.4 Å². The van der Waals surface area contributed by atoms with Crippen molar-refractivity contribution in [3.8, 4) is 0 Å². The summed E-state index contributed by atoms with van der Waals surface area (Å²) in [6.07, 6.45) is 10.8. The van der Waals surface area contributed by atoms with Gasteiger partial charge in [-0.15, -0.1) is 0 Å². The number of benzene rings is 1. The van der Waals surface area contributed by atoms with Crippen molar-refractivity contribution in [2.45, 2.75) is 26.7 Å². The van der Waals surface area contributed by atoms with E-state index in [2.05, 4.69) is 55.2 Å². The van der Waals surface area contributed by atoms with Crippen molar-refractivity contribution in [1.82, 2.24) is 9.47 Å². The Hall–Kier alpha value is -1.93. The monoisotopic (exact) mass is 293 g/mol. The molecular formula is C20H25N2+. The van der Waals surface area contributed by atoms with Crippen molar-refractivity contribution in [3.63, 3.8) is 0 Å². The number of aryl methyl sites for hydroxylation is 2. The van der Waals surface area contributed by atoms with E-state index in [9.17, 15) is 0 Å². The molecule has 1 aliphatic rings. The smallest absolute Gasteiger partial charge is 0.138 e. The lowest BCUT2D eigenvalue weighted by atomic mass is 10.0. The van der Waals surface area contributed by atoms with E-state index in [1.165, 1.54) is 35.3 Å². The predicted octanol–water partition coefficient (Wildman–Crippen LogP) is 4.21. The number of quaternary nitrogens is 1. The van der Waals surface area contributed by atoms with Crippen molar-refractivity contribution in [1.29, 1.82) is 0 Å². The minimum absolute atomic E-state index is 1.07. The van der Waals surface area contributed by atoms with E-state index in [1.54, 1.807) is 0 Å². The van der Waals surface area contributed by atoms with Crippen molar-refractivity contribution in [2.24, 2.45) is 0 Å². The van der Waals surface area contributed by atoms with E-state index in [4.69, 9.17) is 0 Å². The number of pyridine rings is 1. The first kappa shape index (κ1) is 15.0. The molecule has 0 fully saturated rings. The Labute approximate surface area is 133 Å². The fraction of sp³-hybridized carbons (Fsp3) is 0.350. The normalized spacial score (nSPS) is 21.0. The molecule has 0 N–H and O–H groups in total. The summed E-state index contributed by atoms with van der Waals surface area (Å²) in [7, 11) is 0. The van der Waals surface area contributed by atoms with E-state index in [0.717, 1.165) is 24.0 Å². The topological polar surface area (TPSA) is 12.9 Å². The number of para-hydroxylation sites is 1. The summed E-state index contributed by atoms with van der Waals surface area (Å²) in [6, 6.07) is 10.9. The molecule has 3 rings (SSSR count). The fourth-order valence-corrected chi connectivity index (χ4v) is 3.77. The van der Waals surface area contributed by atoms with Gasteiger partial charge in [-0.05, 0) is 31.6 Å². The van der Waals surface area contributed by atoms with Crippen molar-refractivity contribution in [3.05, 3.63) is 71.6 Å². The van der Waals surface area contributed by atoms with Crippen LogP contribution in [0.5, 0.6) is 0 Å². The molecule has 114 valence electrons. The third-order valence-electron chi connectivity index (χ3n) is 4.81. The number of aromatic nitrogens is 1. The van der Waals surface area contributed by atoms with Gasteiger partial charge in [0.25, 0.3) is 0 Å². The Kier molecular flexibility index (Phi) is 4.39. The average Bonchev–Trinajstić information content (AvgIpc) is 2.55. The number of nitrogens with zero attached hydrogens (tertiary/aromatic N) is 2. The maximum absolute atomic E-state index is 4.26. The molecule has 1 unspecified atom stereocenters. The molecule has 1 aliphatic heterocycles. The van der Waals surface area contributed by atoms with Gasteiger partial charge < -0.3 is 0 Å². The molecule has 0 saturated heterocycles.